The van der Waals surface area contributed by atoms with Gasteiger partial charge >= 0.3 is 0 Å². The fourth-order valence-electron chi connectivity index (χ4n) is 4.86. The van der Waals surface area contributed by atoms with Crippen LogP contribution < -0.4 is 14.8 Å². The summed E-state index contributed by atoms with van der Waals surface area (Å²) in [6.07, 6.45) is 4.42. The molecule has 5 rings (SSSR count). The molecule has 4 N–H and O–H groups in total. The van der Waals surface area contributed by atoms with Gasteiger partial charge in [-0.2, -0.15) is 0 Å². The van der Waals surface area contributed by atoms with Crippen molar-refractivity contribution in [2.24, 2.45) is 5.14 Å². The van der Waals surface area contributed by atoms with Crippen LogP contribution in [0.2, 0.25) is 0 Å². The Labute approximate surface area is 179 Å². The molecule has 1 unspecified atom stereocenters. The van der Waals surface area contributed by atoms with Gasteiger partial charge in [-0.1, -0.05) is 0 Å². The van der Waals surface area contributed by atoms with E-state index in [1.54, 1.807) is 12.4 Å². The van der Waals surface area contributed by atoms with Gasteiger partial charge in [0.1, 0.15) is 29.8 Å². The van der Waals surface area contributed by atoms with E-state index in [1.165, 1.54) is 19.2 Å². The van der Waals surface area contributed by atoms with E-state index in [0.717, 1.165) is 42.8 Å². The van der Waals surface area contributed by atoms with E-state index < -0.39 is 16.3 Å². The minimum absolute atomic E-state index is 0.0487. The second-order valence-corrected chi connectivity index (χ2v) is 9.56. The van der Waals surface area contributed by atoms with Crippen LogP contribution in [-0.2, 0) is 10.0 Å². The molecule has 1 aromatic carbocycles. The van der Waals surface area contributed by atoms with Crippen molar-refractivity contribution in [1.29, 1.82) is 0 Å². The average Bonchev–Trinajstić information content (AvgIpc) is 3.33. The monoisotopic (exact) mass is 444 g/mol. The molecule has 0 spiro atoms. The maximum atomic E-state index is 11.7. The molecule has 0 amide bonds. The number of hydrogen-bond donors (Lipinski definition) is 3. The summed E-state index contributed by atoms with van der Waals surface area (Å²) in [6, 6.07) is 6.56. The Balaban J connectivity index is 1.42. The summed E-state index contributed by atoms with van der Waals surface area (Å²) in [5.74, 6) is 1.19. The Morgan fingerprint density at radius 2 is 1.97 bits per heavy atom. The van der Waals surface area contributed by atoms with Gasteiger partial charge in [-0.3, -0.25) is 4.90 Å². The first kappa shape index (κ1) is 20.2. The predicted octanol–water partition coefficient (Wildman–Crippen LogP) is 0.958. The highest BCUT2D eigenvalue weighted by Crippen LogP contribution is 2.40. The molecule has 10 nitrogen and oxygen atoms in total. The summed E-state index contributed by atoms with van der Waals surface area (Å²) in [7, 11) is -2.41. The van der Waals surface area contributed by atoms with Crippen LogP contribution in [0.4, 0.5) is 5.82 Å². The highest BCUT2D eigenvalue weighted by atomic mass is 32.2. The van der Waals surface area contributed by atoms with Crippen LogP contribution in [0.1, 0.15) is 24.6 Å². The second kappa shape index (κ2) is 7.45. The smallest absolute Gasteiger partial charge is 0.238 e. The average molecular weight is 445 g/mol. The molecule has 2 aliphatic heterocycles. The molecular formula is C20H24N6O4S. The number of primary sulfonamides is 1. The lowest BCUT2D eigenvalue weighted by atomic mass is 10.1. The molecule has 2 saturated heterocycles. The van der Waals surface area contributed by atoms with Crippen LogP contribution in [0.5, 0.6) is 5.75 Å². The van der Waals surface area contributed by atoms with Crippen LogP contribution in [0.3, 0.4) is 0 Å². The van der Waals surface area contributed by atoms with Gasteiger partial charge in [-0.15, -0.1) is 0 Å². The van der Waals surface area contributed by atoms with Crippen molar-refractivity contribution in [1.82, 2.24) is 19.9 Å². The Morgan fingerprint density at radius 3 is 2.65 bits per heavy atom. The van der Waals surface area contributed by atoms with Crippen molar-refractivity contribution in [2.45, 2.75) is 36.0 Å². The molecule has 2 aromatic heterocycles. The number of rotatable bonds is 5. The maximum absolute atomic E-state index is 11.7. The fourth-order valence-corrected chi connectivity index (χ4v) is 5.39. The number of hydrogen-bond acceptors (Lipinski definition) is 8. The van der Waals surface area contributed by atoms with Gasteiger partial charge in [0.2, 0.25) is 10.0 Å². The van der Waals surface area contributed by atoms with Crippen LogP contribution in [-0.4, -0.2) is 65.7 Å². The lowest BCUT2D eigenvalue weighted by molar-refractivity contribution is -0.0395. The number of benzene rings is 1. The Bertz CT molecular complexity index is 1220. The number of nitrogens with two attached hydrogens (primary N) is 1. The summed E-state index contributed by atoms with van der Waals surface area (Å²) in [4.78, 5) is 16.2. The van der Waals surface area contributed by atoms with Gasteiger partial charge in [-0.25, -0.2) is 23.5 Å². The van der Waals surface area contributed by atoms with E-state index >= 15 is 0 Å². The van der Waals surface area contributed by atoms with Crippen molar-refractivity contribution in [3.63, 3.8) is 0 Å². The van der Waals surface area contributed by atoms with Gasteiger partial charge in [0.05, 0.1) is 17.4 Å². The lowest BCUT2D eigenvalue weighted by Crippen LogP contribution is -2.55. The molecule has 2 aliphatic rings. The van der Waals surface area contributed by atoms with Gasteiger partial charge in [0, 0.05) is 43.0 Å². The largest absolute Gasteiger partial charge is 0.496 e. The summed E-state index contributed by atoms with van der Waals surface area (Å²) in [5, 5.41) is 17.5. The third kappa shape index (κ3) is 3.43. The van der Waals surface area contributed by atoms with E-state index in [0.29, 0.717) is 11.3 Å². The standard InChI is InChI=1S/C20H24N6O4S/c1-30-17-8-14(31(21,28)29)4-5-15(17)20(27)26-12-2-3-13(26)10-25(9-12)19-16-6-7-22-18(16)23-11-24-19/h4-8,11-13,20,27H,2-3,9-10H2,1H3,(H2,21,28,29)(H,22,23,24)/t12-,13+,20?. The SMILES string of the molecule is COc1cc(S(N)(=O)=O)ccc1C(O)N1[C@@H]2CC[C@H]1CN(c1ncnc3[nH]ccc13)C2. The number of nitrogens with one attached hydrogen (secondary N) is 1. The number of aromatic amines is 1. The Hall–Kier alpha value is -2.73. The third-order valence-corrected chi connectivity index (χ3v) is 7.18. The fraction of sp³-hybridized carbons (Fsp3) is 0.400. The highest BCUT2D eigenvalue weighted by molar-refractivity contribution is 7.89. The molecule has 0 saturated carbocycles. The number of aliphatic hydroxyl groups is 1. The van der Waals surface area contributed by atoms with Crippen molar-refractivity contribution < 1.29 is 18.3 Å². The van der Waals surface area contributed by atoms with Crippen LogP contribution in [0.25, 0.3) is 11.0 Å². The number of aromatic nitrogens is 3. The zero-order valence-electron chi connectivity index (χ0n) is 17.0. The molecule has 0 radical (unpaired) electrons. The van der Waals surface area contributed by atoms with E-state index in [1.807, 2.05) is 12.3 Å². The molecule has 11 heteroatoms. The Kier molecular flexibility index (Phi) is 4.85. The number of sulfonamides is 1. The second-order valence-electron chi connectivity index (χ2n) is 8.00. The van der Waals surface area contributed by atoms with E-state index in [2.05, 4.69) is 24.8 Å². The molecule has 31 heavy (non-hydrogen) atoms. The van der Waals surface area contributed by atoms with E-state index in [4.69, 9.17) is 9.88 Å². The van der Waals surface area contributed by atoms with Crippen LogP contribution in [0.15, 0.2) is 41.7 Å². The van der Waals surface area contributed by atoms with E-state index in [9.17, 15) is 13.5 Å². The zero-order chi connectivity index (χ0) is 21.8. The predicted molar refractivity (Wildman–Crippen MR) is 114 cm³/mol. The summed E-state index contributed by atoms with van der Waals surface area (Å²) in [6.45, 7) is 1.45. The van der Waals surface area contributed by atoms with Crippen molar-refractivity contribution in [2.75, 3.05) is 25.1 Å². The van der Waals surface area contributed by atoms with Crippen molar-refractivity contribution in [3.8, 4) is 5.75 Å². The first-order valence-electron chi connectivity index (χ1n) is 10.1. The molecule has 164 valence electrons. The number of anilines is 1. The number of piperazine rings is 1. The summed E-state index contributed by atoms with van der Waals surface area (Å²) in [5.41, 5.74) is 1.33. The number of ether oxygens (including phenoxy) is 1. The van der Waals surface area contributed by atoms with Crippen molar-refractivity contribution >= 4 is 26.9 Å². The molecule has 2 bridgehead atoms. The van der Waals surface area contributed by atoms with Gasteiger partial charge < -0.3 is 19.7 Å². The van der Waals surface area contributed by atoms with Gasteiger partial charge in [-0.05, 0) is 31.0 Å². The number of aliphatic hydroxyl groups excluding tert-OH is 1. The highest BCUT2D eigenvalue weighted by Gasteiger charge is 2.44. The molecule has 0 aliphatic carbocycles. The minimum atomic E-state index is -3.86. The lowest BCUT2D eigenvalue weighted by Gasteiger charge is -2.44. The number of methoxy groups -OCH3 is 1. The minimum Gasteiger partial charge on any atom is -0.496 e. The normalized spacial score (nSPS) is 22.7. The molecular weight excluding hydrogens is 420 g/mol. The zero-order valence-corrected chi connectivity index (χ0v) is 17.8. The topological polar surface area (TPSA) is 138 Å². The molecule has 3 aromatic rings. The molecule has 2 fully saturated rings. The Morgan fingerprint density at radius 1 is 1.23 bits per heavy atom. The summed E-state index contributed by atoms with van der Waals surface area (Å²) >= 11 is 0. The quantitative estimate of drug-likeness (QED) is 0.529. The summed E-state index contributed by atoms with van der Waals surface area (Å²) < 4.78 is 28.7. The van der Waals surface area contributed by atoms with Crippen LogP contribution >= 0.6 is 0 Å². The van der Waals surface area contributed by atoms with Crippen LogP contribution in [0, 0.1) is 0 Å². The van der Waals surface area contributed by atoms with Gasteiger partial charge in [0.15, 0.2) is 0 Å². The first-order valence-corrected chi connectivity index (χ1v) is 11.6. The van der Waals surface area contributed by atoms with Gasteiger partial charge in [0.25, 0.3) is 0 Å². The first-order chi connectivity index (χ1) is 14.9. The number of nitrogens with zero attached hydrogens (tertiary/aromatic N) is 4. The number of H-pyrrole nitrogens is 1. The molecule has 4 heterocycles. The maximum Gasteiger partial charge on any atom is 0.238 e. The number of fused-ring (bicyclic) bond motifs is 3. The molecule has 3 atom stereocenters. The third-order valence-electron chi connectivity index (χ3n) is 6.27. The van der Waals surface area contributed by atoms with Crippen molar-refractivity contribution in [3.05, 3.63) is 42.4 Å². The van der Waals surface area contributed by atoms with E-state index in [-0.39, 0.29) is 17.0 Å².